The lowest BCUT2D eigenvalue weighted by Gasteiger charge is -2.27. The fourth-order valence-corrected chi connectivity index (χ4v) is 3.86. The van der Waals surface area contributed by atoms with E-state index in [-0.39, 0.29) is 19.1 Å². The molecule has 1 unspecified atom stereocenters. The summed E-state index contributed by atoms with van der Waals surface area (Å²) in [7, 11) is 0. The molecule has 152 valence electrons. The molecular weight excluding hydrogens is 400 g/mol. The maximum absolute atomic E-state index is 13.5. The second-order valence-corrected chi connectivity index (χ2v) is 7.56. The number of amides is 3. The molecule has 1 saturated heterocycles. The zero-order valence-electron chi connectivity index (χ0n) is 16.3. The Bertz CT molecular complexity index is 1040. The molecule has 0 spiro atoms. The fraction of sp³-hybridized carbons (Fsp3) is 0.167. The lowest BCUT2D eigenvalue weighted by Crippen LogP contribution is -2.46. The number of ether oxygens (including phenoxy) is 1. The molecule has 0 radical (unpaired) electrons. The predicted molar refractivity (Wildman–Crippen MR) is 115 cm³/mol. The van der Waals surface area contributed by atoms with E-state index in [0.29, 0.717) is 17.2 Å². The van der Waals surface area contributed by atoms with Gasteiger partial charge in [0.1, 0.15) is 12.4 Å². The molecule has 1 aliphatic rings. The van der Waals surface area contributed by atoms with Gasteiger partial charge in [-0.15, -0.1) is 0 Å². The van der Waals surface area contributed by atoms with Gasteiger partial charge < -0.3 is 10.1 Å². The molecule has 1 N–H and O–H groups in total. The van der Waals surface area contributed by atoms with Crippen molar-refractivity contribution in [3.8, 4) is 5.75 Å². The Morgan fingerprint density at radius 3 is 2.30 bits per heavy atom. The number of halogens is 1. The molecule has 1 atom stereocenters. The number of benzene rings is 3. The van der Waals surface area contributed by atoms with Gasteiger partial charge >= 0.3 is 6.03 Å². The first kappa shape index (κ1) is 20.0. The second kappa shape index (κ2) is 8.59. The normalized spacial score (nSPS) is 18.4. The van der Waals surface area contributed by atoms with Crippen LogP contribution in [0.3, 0.4) is 0 Å². The Balaban J connectivity index is 1.56. The monoisotopic (exact) mass is 420 g/mol. The van der Waals surface area contributed by atoms with E-state index in [1.54, 1.807) is 24.3 Å². The Hall–Kier alpha value is -3.31. The van der Waals surface area contributed by atoms with E-state index in [4.69, 9.17) is 16.3 Å². The third-order valence-corrected chi connectivity index (χ3v) is 5.37. The third-order valence-electron chi connectivity index (χ3n) is 5.13. The van der Waals surface area contributed by atoms with Gasteiger partial charge in [0.25, 0.3) is 5.91 Å². The minimum Gasteiger partial charge on any atom is -0.492 e. The summed E-state index contributed by atoms with van der Waals surface area (Å²) in [5.74, 6) is 0.311. The van der Waals surface area contributed by atoms with Crippen LogP contribution in [0.25, 0.3) is 0 Å². The largest absolute Gasteiger partial charge is 0.492 e. The highest BCUT2D eigenvalue weighted by Crippen LogP contribution is 2.33. The molecule has 6 heteroatoms. The number of carbonyl (C=O) groups is 2. The molecule has 30 heavy (non-hydrogen) atoms. The van der Waals surface area contributed by atoms with Crippen LogP contribution in [0.1, 0.15) is 11.1 Å². The lowest BCUT2D eigenvalue weighted by atomic mass is 9.83. The van der Waals surface area contributed by atoms with Gasteiger partial charge in [0.05, 0.1) is 6.54 Å². The standard InChI is InChI=1S/C24H21ClN2O3/c25-20-12-7-13-21(16-20)30-15-14-27-22(28)24(26-23(27)29,19-10-5-2-6-11-19)17-18-8-3-1-4-9-18/h1-13,16H,14-15,17H2,(H,26,29). The molecule has 3 aromatic carbocycles. The highest BCUT2D eigenvalue weighted by molar-refractivity contribution is 6.30. The molecular formula is C24H21ClN2O3. The summed E-state index contributed by atoms with van der Waals surface area (Å²) < 4.78 is 5.68. The Morgan fingerprint density at radius 1 is 0.900 bits per heavy atom. The van der Waals surface area contributed by atoms with E-state index in [1.165, 1.54) is 4.90 Å². The molecule has 3 aromatic rings. The van der Waals surface area contributed by atoms with Crippen molar-refractivity contribution in [2.45, 2.75) is 12.0 Å². The molecule has 5 nitrogen and oxygen atoms in total. The summed E-state index contributed by atoms with van der Waals surface area (Å²) in [6, 6.07) is 25.6. The van der Waals surface area contributed by atoms with Gasteiger partial charge in [-0.3, -0.25) is 9.69 Å². The molecule has 0 aromatic heterocycles. The fourth-order valence-electron chi connectivity index (χ4n) is 3.68. The van der Waals surface area contributed by atoms with Crippen LogP contribution in [0.15, 0.2) is 84.9 Å². The lowest BCUT2D eigenvalue weighted by molar-refractivity contribution is -0.131. The number of nitrogens with one attached hydrogen (secondary N) is 1. The number of urea groups is 1. The van der Waals surface area contributed by atoms with Gasteiger partial charge in [-0.2, -0.15) is 0 Å². The summed E-state index contributed by atoms with van der Waals surface area (Å²) in [6.07, 6.45) is 0.369. The van der Waals surface area contributed by atoms with Crippen LogP contribution in [0.4, 0.5) is 4.79 Å². The highest BCUT2D eigenvalue weighted by atomic mass is 35.5. The third kappa shape index (κ3) is 4.02. The second-order valence-electron chi connectivity index (χ2n) is 7.13. The number of imide groups is 1. The van der Waals surface area contributed by atoms with E-state index >= 15 is 0 Å². The van der Waals surface area contributed by atoms with E-state index in [1.807, 2.05) is 60.7 Å². The number of carbonyl (C=O) groups excluding carboxylic acids is 2. The number of hydrogen-bond donors (Lipinski definition) is 1. The SMILES string of the molecule is O=C1NC(Cc2ccccc2)(c2ccccc2)C(=O)N1CCOc1cccc(Cl)c1. The zero-order chi connectivity index (χ0) is 21.0. The van der Waals surface area contributed by atoms with Crippen LogP contribution < -0.4 is 10.1 Å². The molecule has 4 rings (SSSR count). The Labute approximate surface area is 180 Å². The van der Waals surface area contributed by atoms with Crippen molar-refractivity contribution in [3.05, 3.63) is 101 Å². The van der Waals surface area contributed by atoms with Crippen LogP contribution in [-0.4, -0.2) is 30.0 Å². The predicted octanol–water partition coefficient (Wildman–Crippen LogP) is 4.41. The van der Waals surface area contributed by atoms with E-state index < -0.39 is 11.6 Å². The van der Waals surface area contributed by atoms with Crippen LogP contribution in [-0.2, 0) is 16.8 Å². The Kier molecular flexibility index (Phi) is 5.72. The maximum atomic E-state index is 13.5. The van der Waals surface area contributed by atoms with Crippen molar-refractivity contribution in [1.29, 1.82) is 0 Å². The van der Waals surface area contributed by atoms with E-state index in [9.17, 15) is 9.59 Å². The zero-order valence-corrected chi connectivity index (χ0v) is 17.0. The van der Waals surface area contributed by atoms with Gasteiger partial charge in [0.15, 0.2) is 5.54 Å². The van der Waals surface area contributed by atoms with Gasteiger partial charge in [0.2, 0.25) is 0 Å². The first-order valence-corrected chi connectivity index (χ1v) is 10.1. The van der Waals surface area contributed by atoms with Crippen LogP contribution in [0, 0.1) is 0 Å². The van der Waals surface area contributed by atoms with Crippen molar-refractivity contribution in [3.63, 3.8) is 0 Å². The van der Waals surface area contributed by atoms with Crippen molar-refractivity contribution in [2.75, 3.05) is 13.2 Å². The quantitative estimate of drug-likeness (QED) is 0.576. The summed E-state index contributed by atoms with van der Waals surface area (Å²) >= 11 is 5.97. The van der Waals surface area contributed by atoms with Crippen molar-refractivity contribution < 1.29 is 14.3 Å². The summed E-state index contributed by atoms with van der Waals surface area (Å²) in [5.41, 5.74) is 0.577. The van der Waals surface area contributed by atoms with Crippen LogP contribution in [0.2, 0.25) is 5.02 Å². The summed E-state index contributed by atoms with van der Waals surface area (Å²) in [5, 5.41) is 3.51. The number of nitrogens with zero attached hydrogens (tertiary/aromatic N) is 1. The number of hydrogen-bond acceptors (Lipinski definition) is 3. The van der Waals surface area contributed by atoms with Gasteiger partial charge in [-0.05, 0) is 29.3 Å². The van der Waals surface area contributed by atoms with Crippen molar-refractivity contribution in [1.82, 2.24) is 10.2 Å². The molecule has 1 fully saturated rings. The van der Waals surface area contributed by atoms with Crippen LogP contribution in [0.5, 0.6) is 5.75 Å². The average molecular weight is 421 g/mol. The average Bonchev–Trinajstić information content (AvgIpc) is 3.00. The topological polar surface area (TPSA) is 58.6 Å². The van der Waals surface area contributed by atoms with Gasteiger partial charge in [0, 0.05) is 11.4 Å². The smallest absolute Gasteiger partial charge is 0.325 e. The summed E-state index contributed by atoms with van der Waals surface area (Å²) in [6.45, 7) is 0.316. The molecule has 0 aliphatic carbocycles. The molecule has 0 saturated carbocycles. The molecule has 0 bridgehead atoms. The first-order chi connectivity index (χ1) is 14.6. The minimum atomic E-state index is -1.14. The van der Waals surface area contributed by atoms with Crippen molar-refractivity contribution >= 4 is 23.5 Å². The highest BCUT2D eigenvalue weighted by Gasteiger charge is 2.52. The van der Waals surface area contributed by atoms with Gasteiger partial charge in [-0.1, -0.05) is 78.3 Å². The summed E-state index contributed by atoms with van der Waals surface area (Å²) in [4.78, 5) is 27.5. The van der Waals surface area contributed by atoms with E-state index in [0.717, 1.165) is 11.1 Å². The van der Waals surface area contributed by atoms with Crippen molar-refractivity contribution in [2.24, 2.45) is 0 Å². The minimum absolute atomic E-state index is 0.139. The van der Waals surface area contributed by atoms with Crippen LogP contribution >= 0.6 is 11.6 Å². The maximum Gasteiger partial charge on any atom is 0.325 e. The first-order valence-electron chi connectivity index (χ1n) is 9.70. The molecule has 1 aliphatic heterocycles. The van der Waals surface area contributed by atoms with E-state index in [2.05, 4.69) is 5.32 Å². The number of rotatable bonds is 7. The Morgan fingerprint density at radius 2 is 1.60 bits per heavy atom. The van der Waals surface area contributed by atoms with Gasteiger partial charge in [-0.25, -0.2) is 4.79 Å². The molecule has 3 amide bonds. The molecule has 1 heterocycles.